The van der Waals surface area contributed by atoms with Gasteiger partial charge in [0.15, 0.2) is 5.96 Å². The Morgan fingerprint density at radius 3 is 2.73 bits per heavy atom. The largest absolute Gasteiger partial charge is 0.459 e. The van der Waals surface area contributed by atoms with Crippen LogP contribution in [-0.4, -0.2) is 23.2 Å². The number of furan rings is 1. The summed E-state index contributed by atoms with van der Waals surface area (Å²) in [5.41, 5.74) is 1.60. The summed E-state index contributed by atoms with van der Waals surface area (Å²) in [4.78, 5) is 4.21. The first-order valence-electron chi connectivity index (χ1n) is 8.42. The third-order valence-electron chi connectivity index (χ3n) is 4.02. The molecule has 6 nitrogen and oxygen atoms in total. The highest BCUT2D eigenvalue weighted by Crippen LogP contribution is 2.25. The average molecular weight is 375 g/mol. The van der Waals surface area contributed by atoms with Crippen molar-refractivity contribution in [2.75, 3.05) is 7.05 Å². The molecule has 2 N–H and O–H groups in total. The molecule has 0 spiro atoms. The molecule has 0 atom stereocenters. The van der Waals surface area contributed by atoms with Crippen LogP contribution in [0.25, 0.3) is 11.0 Å². The number of fused-ring (bicyclic) bond motifs is 1. The summed E-state index contributed by atoms with van der Waals surface area (Å²) in [6, 6.07) is 4.54. The first-order chi connectivity index (χ1) is 12.5. The van der Waals surface area contributed by atoms with E-state index in [0.29, 0.717) is 30.5 Å². The number of halogens is 1. The van der Waals surface area contributed by atoms with Gasteiger partial charge in [0.05, 0.1) is 13.1 Å². The summed E-state index contributed by atoms with van der Waals surface area (Å²) >= 11 is 1.59. The average Bonchev–Trinajstić information content (AvgIpc) is 3.21. The summed E-state index contributed by atoms with van der Waals surface area (Å²) in [6.45, 7) is 7.12. The zero-order valence-corrected chi connectivity index (χ0v) is 16.1. The van der Waals surface area contributed by atoms with Gasteiger partial charge < -0.3 is 15.1 Å². The quantitative estimate of drug-likeness (QED) is 0.525. The predicted octanol–water partition coefficient (Wildman–Crippen LogP) is 3.72. The minimum atomic E-state index is -0.267. The van der Waals surface area contributed by atoms with E-state index in [-0.39, 0.29) is 5.82 Å². The Bertz CT molecular complexity index is 931. The number of nitrogens with one attached hydrogen (secondary N) is 2. The highest BCUT2D eigenvalue weighted by molar-refractivity contribution is 7.11. The minimum Gasteiger partial charge on any atom is -0.459 e. The number of guanidine groups is 1. The number of rotatable bonds is 5. The lowest BCUT2D eigenvalue weighted by molar-refractivity contribution is 0.534. The van der Waals surface area contributed by atoms with Gasteiger partial charge in [0, 0.05) is 23.9 Å². The predicted molar refractivity (Wildman–Crippen MR) is 102 cm³/mol. The molecule has 0 aliphatic rings. The molecule has 0 amide bonds. The molecule has 0 bridgehead atoms. The van der Waals surface area contributed by atoms with Gasteiger partial charge in [-0.25, -0.2) is 4.39 Å². The van der Waals surface area contributed by atoms with Gasteiger partial charge in [-0.3, -0.25) is 4.99 Å². The highest BCUT2D eigenvalue weighted by Gasteiger charge is 2.12. The Kier molecular flexibility index (Phi) is 5.51. The van der Waals surface area contributed by atoms with Gasteiger partial charge in [-0.2, -0.15) is 0 Å². The van der Waals surface area contributed by atoms with Crippen LogP contribution in [0.2, 0.25) is 0 Å². The molecule has 1 aromatic carbocycles. The summed E-state index contributed by atoms with van der Waals surface area (Å²) in [5.74, 6) is 1.50. The number of aromatic nitrogens is 2. The second-order valence-electron chi connectivity index (χ2n) is 6.26. The molecule has 0 saturated carbocycles. The minimum absolute atomic E-state index is 0.267. The van der Waals surface area contributed by atoms with Crippen molar-refractivity contribution in [1.82, 2.24) is 20.8 Å². The molecule has 2 aromatic heterocycles. The second-order valence-corrected chi connectivity index (χ2v) is 7.35. The second kappa shape index (κ2) is 7.82. The monoisotopic (exact) mass is 375 g/mol. The first kappa shape index (κ1) is 18.3. The van der Waals surface area contributed by atoms with Gasteiger partial charge in [0.25, 0.3) is 0 Å². The molecule has 2 heterocycles. The van der Waals surface area contributed by atoms with Gasteiger partial charge in [0.2, 0.25) is 0 Å². The van der Waals surface area contributed by atoms with E-state index in [9.17, 15) is 4.39 Å². The van der Waals surface area contributed by atoms with E-state index in [1.54, 1.807) is 24.5 Å². The molecule has 0 saturated heterocycles. The Hall–Kier alpha value is -2.48. The van der Waals surface area contributed by atoms with Crippen LogP contribution in [0, 0.1) is 12.7 Å². The molecule has 0 aliphatic heterocycles. The maximum Gasteiger partial charge on any atom is 0.191 e. The SMILES string of the molecule is CN=C(NCc1nnc(C(C)C)s1)NCc1oc2ccc(F)cc2c1C. The van der Waals surface area contributed by atoms with E-state index in [1.807, 2.05) is 6.92 Å². The Balaban J connectivity index is 1.61. The fourth-order valence-electron chi connectivity index (χ4n) is 2.53. The van der Waals surface area contributed by atoms with Crippen LogP contribution < -0.4 is 10.6 Å². The van der Waals surface area contributed by atoms with Crippen LogP contribution in [0.4, 0.5) is 4.39 Å². The molecule has 138 valence electrons. The third-order valence-corrected chi connectivity index (χ3v) is 5.24. The lowest BCUT2D eigenvalue weighted by Gasteiger charge is -2.09. The molecule has 3 aromatic rings. The van der Waals surface area contributed by atoms with Crippen LogP contribution in [0.3, 0.4) is 0 Å². The van der Waals surface area contributed by atoms with Crippen molar-refractivity contribution in [3.63, 3.8) is 0 Å². The van der Waals surface area contributed by atoms with Crippen molar-refractivity contribution < 1.29 is 8.81 Å². The van der Waals surface area contributed by atoms with E-state index >= 15 is 0 Å². The molecule has 8 heteroatoms. The lowest BCUT2D eigenvalue weighted by Crippen LogP contribution is -2.36. The van der Waals surface area contributed by atoms with E-state index in [1.165, 1.54) is 12.1 Å². The van der Waals surface area contributed by atoms with Gasteiger partial charge in [-0.1, -0.05) is 25.2 Å². The van der Waals surface area contributed by atoms with Crippen molar-refractivity contribution in [3.05, 3.63) is 45.4 Å². The van der Waals surface area contributed by atoms with Crippen LogP contribution in [0.5, 0.6) is 0 Å². The molecule has 26 heavy (non-hydrogen) atoms. The van der Waals surface area contributed by atoms with Gasteiger partial charge in [0.1, 0.15) is 27.2 Å². The van der Waals surface area contributed by atoms with Crippen molar-refractivity contribution >= 4 is 28.3 Å². The van der Waals surface area contributed by atoms with E-state index in [2.05, 4.69) is 39.7 Å². The topological polar surface area (TPSA) is 75.3 Å². The number of benzene rings is 1. The third kappa shape index (κ3) is 4.01. The Morgan fingerprint density at radius 1 is 1.27 bits per heavy atom. The summed E-state index contributed by atoms with van der Waals surface area (Å²) in [5, 5.41) is 17.5. The number of nitrogens with zero attached hydrogens (tertiary/aromatic N) is 3. The fourth-order valence-corrected chi connectivity index (χ4v) is 3.31. The molecule has 0 radical (unpaired) electrons. The van der Waals surface area contributed by atoms with Crippen molar-refractivity contribution in [3.8, 4) is 0 Å². The number of aliphatic imine (C=N–C) groups is 1. The zero-order chi connectivity index (χ0) is 18.7. The number of hydrogen-bond acceptors (Lipinski definition) is 5. The standard InChI is InChI=1S/C18H22FN5OS/c1-10(2)17-24-23-16(26-17)9-22-18(20-4)21-8-15-11(3)13-7-12(19)5-6-14(13)25-15/h5-7,10H,8-9H2,1-4H3,(H2,20,21,22). The van der Waals surface area contributed by atoms with Crippen molar-refractivity contribution in [1.29, 1.82) is 0 Å². The van der Waals surface area contributed by atoms with Gasteiger partial charge in [-0.05, 0) is 25.1 Å². The Morgan fingerprint density at radius 2 is 2.04 bits per heavy atom. The molecular formula is C18H22FN5OS. The Labute approximate surface area is 155 Å². The zero-order valence-electron chi connectivity index (χ0n) is 15.3. The fraction of sp³-hybridized carbons (Fsp3) is 0.389. The van der Waals surface area contributed by atoms with E-state index in [0.717, 1.165) is 26.7 Å². The first-order valence-corrected chi connectivity index (χ1v) is 9.24. The number of hydrogen-bond donors (Lipinski definition) is 2. The normalized spacial score (nSPS) is 12.2. The summed E-state index contributed by atoms with van der Waals surface area (Å²) in [7, 11) is 1.70. The molecule has 0 fully saturated rings. The van der Waals surface area contributed by atoms with Crippen molar-refractivity contribution in [2.45, 2.75) is 39.8 Å². The summed E-state index contributed by atoms with van der Waals surface area (Å²) in [6.07, 6.45) is 0. The van der Waals surface area contributed by atoms with E-state index < -0.39 is 0 Å². The van der Waals surface area contributed by atoms with Crippen LogP contribution in [-0.2, 0) is 13.1 Å². The maximum atomic E-state index is 13.4. The lowest BCUT2D eigenvalue weighted by atomic mass is 10.1. The van der Waals surface area contributed by atoms with Crippen LogP contribution >= 0.6 is 11.3 Å². The van der Waals surface area contributed by atoms with Crippen LogP contribution in [0.15, 0.2) is 27.6 Å². The van der Waals surface area contributed by atoms with Crippen LogP contribution in [0.1, 0.15) is 41.1 Å². The van der Waals surface area contributed by atoms with Gasteiger partial charge in [-0.15, -0.1) is 10.2 Å². The molecular weight excluding hydrogens is 353 g/mol. The maximum absolute atomic E-state index is 13.4. The summed E-state index contributed by atoms with van der Waals surface area (Å²) < 4.78 is 19.2. The van der Waals surface area contributed by atoms with E-state index in [4.69, 9.17) is 4.42 Å². The number of aryl methyl sites for hydroxylation is 1. The van der Waals surface area contributed by atoms with Gasteiger partial charge >= 0.3 is 0 Å². The molecule has 0 aliphatic carbocycles. The molecule has 3 rings (SSSR count). The highest BCUT2D eigenvalue weighted by atomic mass is 32.1. The smallest absolute Gasteiger partial charge is 0.191 e. The molecule has 0 unspecified atom stereocenters. The van der Waals surface area contributed by atoms with Crippen molar-refractivity contribution in [2.24, 2.45) is 4.99 Å².